The number of halogens is 1. The fraction of sp³-hybridized carbons (Fsp3) is 0.278. The van der Waals surface area contributed by atoms with Crippen molar-refractivity contribution in [3.63, 3.8) is 0 Å². The molecule has 21 heavy (non-hydrogen) atoms. The van der Waals surface area contributed by atoms with Crippen LogP contribution in [0.15, 0.2) is 48.5 Å². The van der Waals surface area contributed by atoms with Gasteiger partial charge in [0.05, 0.1) is 6.42 Å². The molecular formula is C18H19FO2. The zero-order chi connectivity index (χ0) is 15.4. The van der Waals surface area contributed by atoms with E-state index in [9.17, 15) is 9.18 Å². The highest BCUT2D eigenvalue weighted by Gasteiger charge is 2.18. The molecule has 0 amide bonds. The summed E-state index contributed by atoms with van der Waals surface area (Å²) in [6, 6.07) is 14.0. The molecule has 0 saturated carbocycles. The van der Waals surface area contributed by atoms with Crippen molar-refractivity contribution >= 4 is 5.97 Å². The summed E-state index contributed by atoms with van der Waals surface area (Å²) >= 11 is 0. The van der Waals surface area contributed by atoms with Crippen LogP contribution in [0.1, 0.15) is 48.8 Å². The zero-order valence-corrected chi connectivity index (χ0v) is 12.2. The first-order valence-electron chi connectivity index (χ1n) is 7.04. The first kappa shape index (κ1) is 15.2. The van der Waals surface area contributed by atoms with Gasteiger partial charge in [-0.1, -0.05) is 50.2 Å². The highest BCUT2D eigenvalue weighted by Crippen LogP contribution is 2.29. The van der Waals surface area contributed by atoms with Crippen LogP contribution in [0.25, 0.3) is 0 Å². The van der Waals surface area contributed by atoms with Crippen LogP contribution < -0.4 is 0 Å². The lowest BCUT2D eigenvalue weighted by Gasteiger charge is -2.17. The molecule has 1 atom stereocenters. The molecule has 110 valence electrons. The van der Waals surface area contributed by atoms with Gasteiger partial charge in [0.2, 0.25) is 0 Å². The van der Waals surface area contributed by atoms with Crippen LogP contribution in [0, 0.1) is 5.82 Å². The monoisotopic (exact) mass is 286 g/mol. The minimum Gasteiger partial charge on any atom is -0.481 e. The standard InChI is InChI=1S/C18H19FO2/c1-12(2)13-6-8-14(9-7-13)17(11-18(20)21)15-4-3-5-16(19)10-15/h3-10,12,17H,11H2,1-2H3,(H,20,21). The van der Waals surface area contributed by atoms with E-state index >= 15 is 0 Å². The predicted molar refractivity (Wildman–Crippen MR) is 81.0 cm³/mol. The molecule has 0 spiro atoms. The van der Waals surface area contributed by atoms with Crippen LogP contribution in [0.3, 0.4) is 0 Å². The smallest absolute Gasteiger partial charge is 0.304 e. The molecule has 3 heteroatoms. The van der Waals surface area contributed by atoms with Gasteiger partial charge in [0.15, 0.2) is 0 Å². The summed E-state index contributed by atoms with van der Waals surface area (Å²) in [7, 11) is 0. The predicted octanol–water partition coefficient (Wildman–Crippen LogP) is 4.56. The number of carboxylic acid groups (broad SMARTS) is 1. The zero-order valence-electron chi connectivity index (χ0n) is 12.2. The number of benzene rings is 2. The lowest BCUT2D eigenvalue weighted by molar-refractivity contribution is -0.137. The number of carboxylic acids is 1. The van der Waals surface area contributed by atoms with Crippen molar-refractivity contribution in [3.8, 4) is 0 Å². The summed E-state index contributed by atoms with van der Waals surface area (Å²) < 4.78 is 13.4. The van der Waals surface area contributed by atoms with Crippen LogP contribution >= 0.6 is 0 Å². The Morgan fingerprint density at radius 1 is 1.05 bits per heavy atom. The van der Waals surface area contributed by atoms with Gasteiger partial charge in [0.1, 0.15) is 5.82 Å². The summed E-state index contributed by atoms with van der Waals surface area (Å²) in [5, 5.41) is 9.12. The maximum atomic E-state index is 13.4. The summed E-state index contributed by atoms with van der Waals surface area (Å²) in [4.78, 5) is 11.1. The molecule has 2 rings (SSSR count). The Morgan fingerprint density at radius 3 is 2.19 bits per heavy atom. The molecule has 1 unspecified atom stereocenters. The van der Waals surface area contributed by atoms with Crippen LogP contribution in [0.5, 0.6) is 0 Å². The highest BCUT2D eigenvalue weighted by molar-refractivity contribution is 5.69. The van der Waals surface area contributed by atoms with Gasteiger partial charge in [0.25, 0.3) is 0 Å². The first-order chi connectivity index (χ1) is 9.97. The largest absolute Gasteiger partial charge is 0.481 e. The fourth-order valence-electron chi connectivity index (χ4n) is 2.44. The molecule has 0 aliphatic heterocycles. The Bertz CT molecular complexity index is 617. The number of carbonyl (C=O) groups is 1. The molecule has 0 fully saturated rings. The fourth-order valence-corrected chi connectivity index (χ4v) is 2.44. The number of hydrogen-bond acceptors (Lipinski definition) is 1. The van der Waals surface area contributed by atoms with E-state index in [0.29, 0.717) is 11.5 Å². The van der Waals surface area contributed by atoms with E-state index in [1.165, 1.54) is 17.7 Å². The molecule has 0 saturated heterocycles. The van der Waals surface area contributed by atoms with Gasteiger partial charge in [0, 0.05) is 5.92 Å². The molecule has 0 aromatic heterocycles. The van der Waals surface area contributed by atoms with Crippen molar-refractivity contribution in [2.45, 2.75) is 32.1 Å². The normalized spacial score (nSPS) is 12.4. The number of hydrogen-bond donors (Lipinski definition) is 1. The van der Waals surface area contributed by atoms with E-state index < -0.39 is 5.97 Å². The van der Waals surface area contributed by atoms with Crippen molar-refractivity contribution < 1.29 is 14.3 Å². The highest BCUT2D eigenvalue weighted by atomic mass is 19.1. The van der Waals surface area contributed by atoms with Gasteiger partial charge in [-0.2, -0.15) is 0 Å². The first-order valence-corrected chi connectivity index (χ1v) is 7.04. The number of aliphatic carboxylic acids is 1. The summed E-state index contributed by atoms with van der Waals surface area (Å²) in [5.74, 6) is -1.15. The maximum Gasteiger partial charge on any atom is 0.304 e. The van der Waals surface area contributed by atoms with Crippen LogP contribution in [-0.4, -0.2) is 11.1 Å². The van der Waals surface area contributed by atoms with E-state index in [4.69, 9.17) is 5.11 Å². The van der Waals surface area contributed by atoms with E-state index in [2.05, 4.69) is 13.8 Å². The van der Waals surface area contributed by atoms with Gasteiger partial charge in [-0.15, -0.1) is 0 Å². The van der Waals surface area contributed by atoms with E-state index in [1.807, 2.05) is 24.3 Å². The molecular weight excluding hydrogens is 267 g/mol. The Hall–Kier alpha value is -2.16. The van der Waals surface area contributed by atoms with Crippen molar-refractivity contribution in [3.05, 3.63) is 71.0 Å². The van der Waals surface area contributed by atoms with Crippen molar-refractivity contribution in [1.29, 1.82) is 0 Å². The molecule has 2 aromatic rings. The van der Waals surface area contributed by atoms with Gasteiger partial charge >= 0.3 is 5.97 Å². The molecule has 2 nitrogen and oxygen atoms in total. The average Bonchev–Trinajstić information content (AvgIpc) is 2.44. The van der Waals surface area contributed by atoms with Crippen molar-refractivity contribution in [2.75, 3.05) is 0 Å². The van der Waals surface area contributed by atoms with Gasteiger partial charge in [-0.3, -0.25) is 4.79 Å². The third-order valence-corrected chi connectivity index (χ3v) is 3.64. The third kappa shape index (κ3) is 3.91. The lowest BCUT2D eigenvalue weighted by Crippen LogP contribution is -2.08. The second-order valence-electron chi connectivity index (χ2n) is 5.53. The van der Waals surface area contributed by atoms with Gasteiger partial charge < -0.3 is 5.11 Å². The third-order valence-electron chi connectivity index (χ3n) is 3.64. The Balaban J connectivity index is 2.38. The van der Waals surface area contributed by atoms with E-state index in [0.717, 1.165) is 5.56 Å². The molecule has 0 bridgehead atoms. The Labute approximate surface area is 124 Å². The molecule has 0 aliphatic carbocycles. The second-order valence-corrected chi connectivity index (χ2v) is 5.53. The molecule has 0 aliphatic rings. The molecule has 0 radical (unpaired) electrons. The van der Waals surface area contributed by atoms with Crippen molar-refractivity contribution in [1.82, 2.24) is 0 Å². The summed E-state index contributed by atoms with van der Waals surface area (Å²) in [5.41, 5.74) is 2.79. The SMILES string of the molecule is CC(C)c1ccc(C(CC(=O)O)c2cccc(F)c2)cc1. The maximum absolute atomic E-state index is 13.4. The number of rotatable bonds is 5. The Morgan fingerprint density at radius 2 is 1.67 bits per heavy atom. The Kier molecular flexibility index (Phi) is 4.73. The molecule has 2 aromatic carbocycles. The minimum absolute atomic E-state index is 0.0511. The van der Waals surface area contributed by atoms with Gasteiger partial charge in [-0.05, 0) is 34.7 Å². The minimum atomic E-state index is -0.891. The lowest BCUT2D eigenvalue weighted by atomic mass is 9.87. The van der Waals surface area contributed by atoms with E-state index in [-0.39, 0.29) is 18.2 Å². The van der Waals surface area contributed by atoms with Gasteiger partial charge in [-0.25, -0.2) is 4.39 Å². The molecule has 1 N–H and O–H groups in total. The van der Waals surface area contributed by atoms with E-state index in [1.54, 1.807) is 12.1 Å². The van der Waals surface area contributed by atoms with Crippen LogP contribution in [0.4, 0.5) is 4.39 Å². The van der Waals surface area contributed by atoms with Crippen molar-refractivity contribution in [2.24, 2.45) is 0 Å². The quantitative estimate of drug-likeness (QED) is 0.875. The van der Waals surface area contributed by atoms with Crippen LogP contribution in [-0.2, 0) is 4.79 Å². The summed E-state index contributed by atoms with van der Waals surface area (Å²) in [6.45, 7) is 4.21. The summed E-state index contributed by atoms with van der Waals surface area (Å²) in [6.07, 6.45) is -0.0511. The van der Waals surface area contributed by atoms with Crippen LogP contribution in [0.2, 0.25) is 0 Å². The average molecular weight is 286 g/mol. The second kappa shape index (κ2) is 6.53. The molecule has 0 heterocycles. The topological polar surface area (TPSA) is 37.3 Å².